The first-order chi connectivity index (χ1) is 16.4. The lowest BCUT2D eigenvalue weighted by atomic mass is 9.96. The number of aromatic nitrogens is 3. The summed E-state index contributed by atoms with van der Waals surface area (Å²) in [6.45, 7) is 1.63. The maximum atomic E-state index is 13.6. The molecule has 5 rings (SSSR count). The Balaban J connectivity index is 1.47. The molecule has 3 aromatic rings. The number of nitriles is 1. The summed E-state index contributed by atoms with van der Waals surface area (Å²) in [6.07, 6.45) is -1.53. The Bertz CT molecular complexity index is 1270. The molecule has 0 saturated carbocycles. The highest BCUT2D eigenvalue weighted by Crippen LogP contribution is 2.40. The van der Waals surface area contributed by atoms with E-state index in [-0.39, 0.29) is 28.9 Å². The Labute approximate surface area is 192 Å². The highest BCUT2D eigenvalue weighted by atomic mass is 19.4. The summed E-state index contributed by atoms with van der Waals surface area (Å²) in [6, 6.07) is 8.02. The predicted molar refractivity (Wildman–Crippen MR) is 119 cm³/mol. The van der Waals surface area contributed by atoms with E-state index in [9.17, 15) is 23.2 Å². The molecule has 11 heteroatoms. The van der Waals surface area contributed by atoms with Crippen LogP contribution in [0, 0.1) is 17.2 Å². The molecule has 2 N–H and O–H groups in total. The molecule has 8 nitrogen and oxygen atoms in total. The van der Waals surface area contributed by atoms with Crippen LogP contribution in [0.3, 0.4) is 0 Å². The fourth-order valence-electron chi connectivity index (χ4n) is 4.65. The Hall–Kier alpha value is -3.36. The highest BCUT2D eigenvalue weighted by Gasteiger charge is 2.46. The minimum absolute atomic E-state index is 0.169. The van der Waals surface area contributed by atoms with Gasteiger partial charge in [-0.2, -0.15) is 23.5 Å². The second-order valence-corrected chi connectivity index (χ2v) is 8.61. The number of aromatic amines is 1. The average Bonchev–Trinajstić information content (AvgIpc) is 3.15. The Morgan fingerprint density at radius 3 is 2.65 bits per heavy atom. The summed E-state index contributed by atoms with van der Waals surface area (Å²) in [4.78, 5) is 16.7. The molecule has 0 radical (unpaired) electrons. The van der Waals surface area contributed by atoms with E-state index in [4.69, 9.17) is 4.74 Å². The number of rotatable bonds is 5. The molecule has 178 valence electrons. The normalized spacial score (nSPS) is 22.2. The number of nitrogens with one attached hydrogen (secondary N) is 2. The summed E-state index contributed by atoms with van der Waals surface area (Å²) in [7, 11) is 0. The standard InChI is InChI=1S/C23H23F3N6O2/c24-23(25,26)20(31-9-1-10-31)14-2-4-16(5-3-14)29-21-19-17(6-8-28-22(19)33)32(30-21)18-13-34-11-7-15(18)12-27/h2-6,8,15,18,20H,1,7,9-11,13H2,(H,28,33)(H,29,30)/t15?,18-,20?/m0/s1. The van der Waals surface area contributed by atoms with Crippen molar-refractivity contribution >= 4 is 22.4 Å². The average molecular weight is 472 g/mol. The van der Waals surface area contributed by atoms with Gasteiger partial charge in [0.2, 0.25) is 0 Å². The van der Waals surface area contributed by atoms with Gasteiger partial charge >= 0.3 is 6.18 Å². The van der Waals surface area contributed by atoms with Crippen LogP contribution in [0.1, 0.15) is 30.5 Å². The second-order valence-electron chi connectivity index (χ2n) is 8.61. The maximum absolute atomic E-state index is 13.6. The van der Waals surface area contributed by atoms with Crippen molar-refractivity contribution in [2.45, 2.75) is 31.1 Å². The molecule has 1 aromatic carbocycles. The first kappa shape index (κ1) is 22.4. The molecule has 2 aliphatic rings. The Kier molecular flexibility index (Phi) is 5.79. The molecule has 0 bridgehead atoms. The third-order valence-electron chi connectivity index (χ3n) is 6.49. The Morgan fingerprint density at radius 2 is 2.00 bits per heavy atom. The van der Waals surface area contributed by atoms with Crippen LogP contribution in [0.5, 0.6) is 0 Å². The molecule has 3 atom stereocenters. The fourth-order valence-corrected chi connectivity index (χ4v) is 4.65. The highest BCUT2D eigenvalue weighted by molar-refractivity contribution is 5.91. The van der Waals surface area contributed by atoms with E-state index in [1.807, 2.05) is 0 Å². The topological polar surface area (TPSA) is 99.0 Å². The van der Waals surface area contributed by atoms with Crippen molar-refractivity contribution < 1.29 is 17.9 Å². The van der Waals surface area contributed by atoms with Crippen molar-refractivity contribution in [3.8, 4) is 6.07 Å². The van der Waals surface area contributed by atoms with E-state index in [0.29, 0.717) is 49.3 Å². The van der Waals surface area contributed by atoms with E-state index in [2.05, 4.69) is 21.5 Å². The van der Waals surface area contributed by atoms with Crippen molar-refractivity contribution in [1.29, 1.82) is 5.26 Å². The number of anilines is 2. The van der Waals surface area contributed by atoms with Crippen LogP contribution in [0.15, 0.2) is 41.3 Å². The van der Waals surface area contributed by atoms with Gasteiger partial charge in [0.25, 0.3) is 5.56 Å². The van der Waals surface area contributed by atoms with Crippen LogP contribution in [0.2, 0.25) is 0 Å². The molecular formula is C23H23F3N6O2. The van der Waals surface area contributed by atoms with Gasteiger partial charge in [-0.05, 0) is 36.6 Å². The number of fused-ring (bicyclic) bond motifs is 1. The van der Waals surface area contributed by atoms with E-state index in [0.717, 1.165) is 6.42 Å². The van der Waals surface area contributed by atoms with E-state index in [1.54, 1.807) is 22.9 Å². The van der Waals surface area contributed by atoms with Gasteiger partial charge in [-0.25, -0.2) is 0 Å². The summed E-state index contributed by atoms with van der Waals surface area (Å²) in [5, 5.41) is 17.5. The smallest absolute Gasteiger partial charge is 0.379 e. The number of halogens is 3. The third-order valence-corrected chi connectivity index (χ3v) is 6.49. The van der Waals surface area contributed by atoms with Gasteiger partial charge in [0.05, 0.1) is 30.2 Å². The monoisotopic (exact) mass is 472 g/mol. The number of hydrogen-bond acceptors (Lipinski definition) is 6. The zero-order chi connectivity index (χ0) is 23.9. The lowest BCUT2D eigenvalue weighted by molar-refractivity contribution is -0.195. The van der Waals surface area contributed by atoms with Crippen LogP contribution < -0.4 is 10.9 Å². The van der Waals surface area contributed by atoms with Crippen LogP contribution >= 0.6 is 0 Å². The molecule has 2 unspecified atom stereocenters. The van der Waals surface area contributed by atoms with Crippen molar-refractivity contribution in [3.05, 3.63) is 52.4 Å². The Morgan fingerprint density at radius 1 is 1.24 bits per heavy atom. The minimum atomic E-state index is -4.36. The molecule has 2 aliphatic heterocycles. The quantitative estimate of drug-likeness (QED) is 0.585. The zero-order valence-corrected chi connectivity index (χ0v) is 18.2. The number of ether oxygens (including phenoxy) is 1. The van der Waals surface area contributed by atoms with Gasteiger partial charge in [0.15, 0.2) is 5.82 Å². The second kappa shape index (κ2) is 8.77. The van der Waals surface area contributed by atoms with Gasteiger partial charge in [0, 0.05) is 31.6 Å². The number of pyridine rings is 1. The molecule has 2 aromatic heterocycles. The summed E-state index contributed by atoms with van der Waals surface area (Å²) in [5.41, 5.74) is 0.860. The SMILES string of the molecule is N#CC1CCOC[C@@H]1n1nc(Nc2ccc(C(N3CCC3)C(F)(F)F)cc2)c2c(=O)[nH]ccc21. The molecule has 0 aliphatic carbocycles. The molecule has 34 heavy (non-hydrogen) atoms. The number of benzene rings is 1. The largest absolute Gasteiger partial charge is 0.408 e. The summed E-state index contributed by atoms with van der Waals surface area (Å²) < 4.78 is 48.1. The molecular weight excluding hydrogens is 449 g/mol. The number of alkyl halides is 3. The van der Waals surface area contributed by atoms with Crippen molar-refractivity contribution in [2.75, 3.05) is 31.6 Å². The van der Waals surface area contributed by atoms with Crippen LogP contribution in [0.4, 0.5) is 24.7 Å². The molecule has 4 heterocycles. The maximum Gasteiger partial charge on any atom is 0.408 e. The summed E-state index contributed by atoms with van der Waals surface area (Å²) >= 11 is 0. The minimum Gasteiger partial charge on any atom is -0.379 e. The zero-order valence-electron chi connectivity index (χ0n) is 18.2. The number of likely N-dealkylation sites (tertiary alicyclic amines) is 1. The third kappa shape index (κ3) is 4.03. The summed E-state index contributed by atoms with van der Waals surface area (Å²) in [5.74, 6) is -0.0499. The number of nitrogens with zero attached hydrogens (tertiary/aromatic N) is 4. The number of H-pyrrole nitrogens is 1. The van der Waals surface area contributed by atoms with E-state index < -0.39 is 12.2 Å². The van der Waals surface area contributed by atoms with Gasteiger partial charge < -0.3 is 15.0 Å². The van der Waals surface area contributed by atoms with E-state index in [1.165, 1.54) is 23.2 Å². The van der Waals surface area contributed by atoms with Gasteiger partial charge in [-0.1, -0.05) is 12.1 Å². The predicted octanol–water partition coefficient (Wildman–Crippen LogP) is 3.88. The molecule has 0 amide bonds. The van der Waals surface area contributed by atoms with Crippen molar-refractivity contribution in [3.63, 3.8) is 0 Å². The van der Waals surface area contributed by atoms with Gasteiger partial charge in [-0.15, -0.1) is 0 Å². The van der Waals surface area contributed by atoms with Crippen LogP contribution in [0.25, 0.3) is 10.9 Å². The molecule has 2 fully saturated rings. The van der Waals surface area contributed by atoms with E-state index >= 15 is 0 Å². The number of hydrogen-bond donors (Lipinski definition) is 2. The molecule has 2 saturated heterocycles. The first-order valence-corrected chi connectivity index (χ1v) is 11.1. The first-order valence-electron chi connectivity index (χ1n) is 11.1. The van der Waals surface area contributed by atoms with Crippen molar-refractivity contribution in [1.82, 2.24) is 19.7 Å². The van der Waals surface area contributed by atoms with Crippen LogP contribution in [-0.4, -0.2) is 52.1 Å². The lowest BCUT2D eigenvalue weighted by Gasteiger charge is -2.39. The lowest BCUT2D eigenvalue weighted by Crippen LogP contribution is -2.46. The van der Waals surface area contributed by atoms with Gasteiger partial charge in [-0.3, -0.25) is 14.4 Å². The van der Waals surface area contributed by atoms with Crippen LogP contribution in [-0.2, 0) is 4.74 Å². The fraction of sp³-hybridized carbons (Fsp3) is 0.435. The van der Waals surface area contributed by atoms with Gasteiger partial charge in [0.1, 0.15) is 11.4 Å². The van der Waals surface area contributed by atoms with Crippen molar-refractivity contribution in [2.24, 2.45) is 5.92 Å². The molecule has 0 spiro atoms.